The number of methoxy groups -OCH3 is 1. The summed E-state index contributed by atoms with van der Waals surface area (Å²) in [4.78, 5) is 27.6. The standard InChI is InChI=1S/C22H29N3O6S/c1-30-18-5-2-4-16(12-18)13-24(14-19-6-3-10-31-19)22(27)20-7-8-21(26)25(23-20)17-9-11-32(28,29)15-17/h2,4-5,12,17,19H,3,6-11,13-15H2,1H3/t17-,19-/m0/s1. The summed E-state index contributed by atoms with van der Waals surface area (Å²) in [6.45, 7) is 1.48. The number of sulfone groups is 1. The molecule has 2 saturated heterocycles. The van der Waals surface area contributed by atoms with Crippen LogP contribution in [0.15, 0.2) is 29.4 Å². The van der Waals surface area contributed by atoms with Crippen LogP contribution in [0.3, 0.4) is 0 Å². The minimum Gasteiger partial charge on any atom is -0.497 e. The lowest BCUT2D eigenvalue weighted by Gasteiger charge is -2.31. The first-order valence-corrected chi connectivity index (χ1v) is 12.8. The summed E-state index contributed by atoms with van der Waals surface area (Å²) >= 11 is 0. The van der Waals surface area contributed by atoms with E-state index in [1.165, 1.54) is 5.01 Å². The summed E-state index contributed by atoms with van der Waals surface area (Å²) < 4.78 is 34.8. The largest absolute Gasteiger partial charge is 0.497 e. The third-order valence-corrected chi connectivity index (χ3v) is 7.85. The van der Waals surface area contributed by atoms with E-state index in [1.807, 2.05) is 24.3 Å². The summed E-state index contributed by atoms with van der Waals surface area (Å²) in [5.41, 5.74) is 1.21. The molecule has 0 radical (unpaired) electrons. The van der Waals surface area contributed by atoms with Crippen molar-refractivity contribution >= 4 is 27.4 Å². The Hall–Kier alpha value is -2.46. The van der Waals surface area contributed by atoms with Gasteiger partial charge in [0.1, 0.15) is 11.5 Å². The number of nitrogens with zero attached hydrogens (tertiary/aromatic N) is 3. The summed E-state index contributed by atoms with van der Waals surface area (Å²) in [5, 5.41) is 5.59. The zero-order valence-corrected chi connectivity index (χ0v) is 19.1. The van der Waals surface area contributed by atoms with Gasteiger partial charge in [0.05, 0.1) is 30.8 Å². The van der Waals surface area contributed by atoms with Gasteiger partial charge in [-0.15, -0.1) is 0 Å². The van der Waals surface area contributed by atoms with Gasteiger partial charge in [-0.1, -0.05) is 12.1 Å². The molecule has 32 heavy (non-hydrogen) atoms. The molecule has 2 fully saturated rings. The van der Waals surface area contributed by atoms with Crippen molar-refractivity contribution in [2.75, 3.05) is 31.8 Å². The molecule has 10 heteroatoms. The number of benzene rings is 1. The van der Waals surface area contributed by atoms with E-state index in [4.69, 9.17) is 9.47 Å². The Morgan fingerprint density at radius 1 is 1.31 bits per heavy atom. The highest BCUT2D eigenvalue weighted by atomic mass is 32.2. The molecule has 0 unspecified atom stereocenters. The van der Waals surface area contributed by atoms with E-state index in [9.17, 15) is 18.0 Å². The Bertz CT molecular complexity index is 1000. The summed E-state index contributed by atoms with van der Waals surface area (Å²) in [5.74, 6) is 0.166. The number of ether oxygens (including phenoxy) is 2. The summed E-state index contributed by atoms with van der Waals surface area (Å²) in [6, 6.07) is 7.04. The van der Waals surface area contributed by atoms with Crippen LogP contribution in [0.25, 0.3) is 0 Å². The van der Waals surface area contributed by atoms with Gasteiger partial charge in [-0.2, -0.15) is 5.10 Å². The van der Waals surface area contributed by atoms with Crippen molar-refractivity contribution in [1.29, 1.82) is 0 Å². The molecule has 0 bridgehead atoms. The van der Waals surface area contributed by atoms with Crippen molar-refractivity contribution in [3.8, 4) is 5.75 Å². The number of carbonyl (C=O) groups excluding carboxylic acids is 2. The molecule has 0 aliphatic carbocycles. The quantitative estimate of drug-likeness (QED) is 0.605. The summed E-state index contributed by atoms with van der Waals surface area (Å²) in [7, 11) is -1.58. The third-order valence-electron chi connectivity index (χ3n) is 6.10. The molecule has 1 aromatic carbocycles. The minimum atomic E-state index is -3.17. The Morgan fingerprint density at radius 3 is 2.84 bits per heavy atom. The van der Waals surface area contributed by atoms with Crippen LogP contribution in [-0.4, -0.2) is 79.8 Å². The van der Waals surface area contributed by atoms with Gasteiger partial charge in [0.25, 0.3) is 5.91 Å². The topological polar surface area (TPSA) is 106 Å². The van der Waals surface area contributed by atoms with Gasteiger partial charge in [0, 0.05) is 32.5 Å². The monoisotopic (exact) mass is 463 g/mol. The van der Waals surface area contributed by atoms with Crippen LogP contribution in [0, 0.1) is 0 Å². The molecule has 1 aromatic rings. The molecule has 0 spiro atoms. The highest BCUT2D eigenvalue weighted by Crippen LogP contribution is 2.24. The Balaban J connectivity index is 1.55. The molecule has 3 aliphatic rings. The highest BCUT2D eigenvalue weighted by Gasteiger charge is 2.38. The van der Waals surface area contributed by atoms with Crippen molar-refractivity contribution in [2.24, 2.45) is 5.10 Å². The van der Waals surface area contributed by atoms with Crippen LogP contribution in [0.2, 0.25) is 0 Å². The molecule has 0 saturated carbocycles. The van der Waals surface area contributed by atoms with Gasteiger partial charge in [-0.3, -0.25) is 9.59 Å². The van der Waals surface area contributed by atoms with Crippen LogP contribution < -0.4 is 4.74 Å². The number of amides is 2. The van der Waals surface area contributed by atoms with Gasteiger partial charge in [-0.05, 0) is 37.0 Å². The van der Waals surface area contributed by atoms with E-state index in [-0.39, 0.29) is 48.0 Å². The van der Waals surface area contributed by atoms with Gasteiger partial charge >= 0.3 is 0 Å². The zero-order valence-electron chi connectivity index (χ0n) is 18.2. The fraction of sp³-hybridized carbons (Fsp3) is 0.591. The van der Waals surface area contributed by atoms with E-state index in [2.05, 4.69) is 5.10 Å². The van der Waals surface area contributed by atoms with E-state index in [0.29, 0.717) is 31.9 Å². The van der Waals surface area contributed by atoms with Gasteiger partial charge in [0.2, 0.25) is 5.91 Å². The maximum absolute atomic E-state index is 13.5. The lowest BCUT2D eigenvalue weighted by Crippen LogP contribution is -2.46. The summed E-state index contributed by atoms with van der Waals surface area (Å²) in [6.07, 6.45) is 2.56. The Kier molecular flexibility index (Phi) is 6.80. The first kappa shape index (κ1) is 22.7. The predicted octanol–water partition coefficient (Wildman–Crippen LogP) is 1.37. The second kappa shape index (κ2) is 9.58. The van der Waals surface area contributed by atoms with E-state index >= 15 is 0 Å². The van der Waals surface area contributed by atoms with Crippen molar-refractivity contribution in [1.82, 2.24) is 9.91 Å². The maximum atomic E-state index is 13.5. The highest BCUT2D eigenvalue weighted by molar-refractivity contribution is 7.91. The second-order valence-corrected chi connectivity index (χ2v) is 10.7. The molecule has 0 aromatic heterocycles. The third kappa shape index (κ3) is 5.29. The molecule has 9 nitrogen and oxygen atoms in total. The lowest BCUT2D eigenvalue weighted by molar-refractivity contribution is -0.134. The molecule has 174 valence electrons. The van der Waals surface area contributed by atoms with Crippen molar-refractivity contribution < 1.29 is 27.5 Å². The van der Waals surface area contributed by atoms with Crippen molar-refractivity contribution in [2.45, 2.75) is 50.8 Å². The van der Waals surface area contributed by atoms with Crippen LogP contribution in [0.4, 0.5) is 0 Å². The molecule has 4 rings (SSSR count). The predicted molar refractivity (Wildman–Crippen MR) is 118 cm³/mol. The maximum Gasteiger partial charge on any atom is 0.270 e. The van der Waals surface area contributed by atoms with Crippen LogP contribution in [0.1, 0.15) is 37.7 Å². The zero-order chi connectivity index (χ0) is 22.7. The minimum absolute atomic E-state index is 0.0357. The average molecular weight is 464 g/mol. The smallest absolute Gasteiger partial charge is 0.270 e. The van der Waals surface area contributed by atoms with Crippen molar-refractivity contribution in [3.05, 3.63) is 29.8 Å². The second-order valence-electron chi connectivity index (χ2n) is 8.51. The SMILES string of the molecule is COc1cccc(CN(C[C@@H]2CCCO2)C(=O)C2=NN([C@H]3CCS(=O)(=O)C3)C(=O)CC2)c1. The molecule has 3 heterocycles. The molecular weight excluding hydrogens is 434 g/mol. The van der Waals surface area contributed by atoms with Crippen LogP contribution in [0.5, 0.6) is 5.75 Å². The van der Waals surface area contributed by atoms with Gasteiger partial charge < -0.3 is 14.4 Å². The normalized spacial score (nSPS) is 25.0. The molecule has 2 atom stereocenters. The molecule has 2 amide bonds. The molecular formula is C22H29N3O6S. The Labute approximate surface area is 188 Å². The van der Waals surface area contributed by atoms with E-state index in [1.54, 1.807) is 12.0 Å². The first-order valence-electron chi connectivity index (χ1n) is 11.0. The van der Waals surface area contributed by atoms with Gasteiger partial charge in [-0.25, -0.2) is 13.4 Å². The number of hydrogen-bond donors (Lipinski definition) is 0. The average Bonchev–Trinajstić information content (AvgIpc) is 3.42. The number of rotatable bonds is 7. The van der Waals surface area contributed by atoms with Crippen molar-refractivity contribution in [3.63, 3.8) is 0 Å². The van der Waals surface area contributed by atoms with E-state index in [0.717, 1.165) is 18.4 Å². The number of hydrazone groups is 1. The van der Waals surface area contributed by atoms with Crippen LogP contribution in [-0.2, 0) is 30.7 Å². The molecule has 0 N–H and O–H groups in total. The number of hydrogen-bond acceptors (Lipinski definition) is 7. The number of carbonyl (C=O) groups is 2. The lowest BCUT2D eigenvalue weighted by atomic mass is 10.1. The fourth-order valence-electron chi connectivity index (χ4n) is 4.41. The first-order chi connectivity index (χ1) is 15.3. The fourth-order valence-corrected chi connectivity index (χ4v) is 6.10. The molecule has 3 aliphatic heterocycles. The Morgan fingerprint density at radius 2 is 2.16 bits per heavy atom. The van der Waals surface area contributed by atoms with Gasteiger partial charge in [0.15, 0.2) is 9.84 Å². The van der Waals surface area contributed by atoms with Crippen LogP contribution >= 0.6 is 0 Å². The van der Waals surface area contributed by atoms with E-state index < -0.39 is 15.9 Å².